The van der Waals surface area contributed by atoms with Gasteiger partial charge in [0.2, 0.25) is 5.91 Å². The van der Waals surface area contributed by atoms with Crippen molar-refractivity contribution in [2.75, 3.05) is 19.7 Å². The molecule has 3 rings (SSSR count). The molecule has 0 unspecified atom stereocenters. The number of nitrogens with zero attached hydrogens (tertiary/aromatic N) is 1. The average Bonchev–Trinajstić information content (AvgIpc) is 3.30. The Morgan fingerprint density at radius 2 is 1.96 bits per heavy atom. The zero-order valence-electron chi connectivity index (χ0n) is 15.3. The summed E-state index contributed by atoms with van der Waals surface area (Å²) >= 11 is 0. The largest absolute Gasteiger partial charge is 0.455 e. The van der Waals surface area contributed by atoms with Gasteiger partial charge in [-0.25, -0.2) is 4.39 Å². The number of amides is 2. The highest BCUT2D eigenvalue weighted by atomic mass is 19.1. The van der Waals surface area contributed by atoms with E-state index in [1.807, 2.05) is 0 Å². The molecule has 0 radical (unpaired) electrons. The zero-order valence-corrected chi connectivity index (χ0v) is 15.3. The molecule has 6 nitrogen and oxygen atoms in total. The fraction of sp³-hybridized carbons (Fsp3) is 0.550. The van der Waals surface area contributed by atoms with E-state index >= 15 is 0 Å². The molecule has 1 saturated heterocycles. The minimum Gasteiger partial charge on any atom is -0.455 e. The SMILES string of the molecule is O=C(COC(=O)[C@H]1CC(=O)N(C2CCCC2)C1)NCCc1ccccc1F. The maximum Gasteiger partial charge on any atom is 0.311 e. The van der Waals surface area contributed by atoms with E-state index in [0.29, 0.717) is 18.5 Å². The van der Waals surface area contributed by atoms with Gasteiger partial charge in [-0.15, -0.1) is 0 Å². The zero-order chi connectivity index (χ0) is 19.2. The lowest BCUT2D eigenvalue weighted by atomic mass is 10.1. The Balaban J connectivity index is 1.37. The van der Waals surface area contributed by atoms with Crippen LogP contribution in [0.25, 0.3) is 0 Å². The number of rotatable bonds is 7. The van der Waals surface area contributed by atoms with Crippen molar-refractivity contribution < 1.29 is 23.5 Å². The summed E-state index contributed by atoms with van der Waals surface area (Å²) in [4.78, 5) is 37.9. The molecule has 1 atom stereocenters. The number of halogens is 1. The predicted octanol–water partition coefficient (Wildman–Crippen LogP) is 1.82. The minimum absolute atomic E-state index is 0.00168. The molecule has 1 aromatic carbocycles. The molecule has 1 heterocycles. The van der Waals surface area contributed by atoms with Crippen LogP contribution in [0.4, 0.5) is 4.39 Å². The molecule has 1 aromatic rings. The second-order valence-corrected chi connectivity index (χ2v) is 7.18. The quantitative estimate of drug-likeness (QED) is 0.737. The van der Waals surface area contributed by atoms with E-state index in [9.17, 15) is 18.8 Å². The molecule has 0 aromatic heterocycles. The standard InChI is InChI=1S/C20H25FN2O4/c21-17-8-4-1-5-14(17)9-10-22-18(24)13-27-20(26)15-11-19(25)23(12-15)16-6-2-3-7-16/h1,4-5,8,15-16H,2-3,6-7,9-13H2,(H,22,24)/t15-/m0/s1. The number of carbonyl (C=O) groups excluding carboxylic acids is 3. The van der Waals surface area contributed by atoms with E-state index in [4.69, 9.17) is 4.74 Å². The number of esters is 1. The van der Waals surface area contributed by atoms with Crippen molar-refractivity contribution in [3.05, 3.63) is 35.6 Å². The number of carbonyl (C=O) groups is 3. The van der Waals surface area contributed by atoms with Crippen LogP contribution in [-0.2, 0) is 25.5 Å². The highest BCUT2D eigenvalue weighted by Crippen LogP contribution is 2.29. The van der Waals surface area contributed by atoms with Gasteiger partial charge in [0, 0.05) is 25.6 Å². The van der Waals surface area contributed by atoms with Gasteiger partial charge in [0.05, 0.1) is 5.92 Å². The monoisotopic (exact) mass is 376 g/mol. The summed E-state index contributed by atoms with van der Waals surface area (Å²) in [6, 6.07) is 6.63. The minimum atomic E-state index is -0.506. The van der Waals surface area contributed by atoms with Crippen LogP contribution in [0.3, 0.4) is 0 Å². The van der Waals surface area contributed by atoms with Gasteiger partial charge >= 0.3 is 5.97 Å². The molecule has 2 fully saturated rings. The number of likely N-dealkylation sites (tertiary alicyclic amines) is 1. The Morgan fingerprint density at radius 3 is 2.70 bits per heavy atom. The van der Waals surface area contributed by atoms with E-state index in [0.717, 1.165) is 25.7 Å². The normalized spacial score (nSPS) is 20.1. The molecule has 1 saturated carbocycles. The first-order valence-corrected chi connectivity index (χ1v) is 9.51. The first kappa shape index (κ1) is 19.3. The first-order valence-electron chi connectivity index (χ1n) is 9.51. The third kappa shape index (κ3) is 5.05. The third-order valence-corrected chi connectivity index (χ3v) is 5.28. The van der Waals surface area contributed by atoms with E-state index in [-0.39, 0.29) is 37.3 Å². The van der Waals surface area contributed by atoms with Gasteiger partial charge in [-0.2, -0.15) is 0 Å². The molecule has 1 aliphatic heterocycles. The average molecular weight is 376 g/mol. The summed E-state index contributed by atoms with van der Waals surface area (Å²) in [6.45, 7) is 0.260. The summed E-state index contributed by atoms with van der Waals surface area (Å²) in [5.74, 6) is -1.75. The summed E-state index contributed by atoms with van der Waals surface area (Å²) in [5, 5.41) is 2.61. The van der Waals surface area contributed by atoms with Crippen LogP contribution in [0, 0.1) is 11.7 Å². The van der Waals surface area contributed by atoms with Gasteiger partial charge in [-0.05, 0) is 30.9 Å². The molecule has 0 bridgehead atoms. The van der Waals surface area contributed by atoms with Crippen LogP contribution in [0.1, 0.15) is 37.7 Å². The molecule has 1 N–H and O–H groups in total. The molecule has 2 amide bonds. The van der Waals surface area contributed by atoms with Crippen molar-refractivity contribution in [2.24, 2.45) is 5.92 Å². The van der Waals surface area contributed by atoms with Crippen LogP contribution >= 0.6 is 0 Å². The van der Waals surface area contributed by atoms with Gasteiger partial charge in [0.25, 0.3) is 5.91 Å². The summed E-state index contributed by atoms with van der Waals surface area (Å²) in [7, 11) is 0. The van der Waals surface area contributed by atoms with Gasteiger partial charge in [0.1, 0.15) is 5.82 Å². The highest BCUT2D eigenvalue weighted by Gasteiger charge is 2.39. The van der Waals surface area contributed by atoms with Crippen molar-refractivity contribution in [1.82, 2.24) is 10.2 Å². The maximum atomic E-state index is 13.5. The predicted molar refractivity (Wildman–Crippen MR) is 96.1 cm³/mol. The van der Waals surface area contributed by atoms with Crippen LogP contribution in [0.2, 0.25) is 0 Å². The topological polar surface area (TPSA) is 75.7 Å². The number of ether oxygens (including phenoxy) is 1. The highest BCUT2D eigenvalue weighted by molar-refractivity contribution is 5.88. The van der Waals surface area contributed by atoms with Crippen molar-refractivity contribution in [3.8, 4) is 0 Å². The number of nitrogens with one attached hydrogen (secondary N) is 1. The van der Waals surface area contributed by atoms with Crippen molar-refractivity contribution in [3.63, 3.8) is 0 Å². The van der Waals surface area contributed by atoms with Crippen molar-refractivity contribution in [2.45, 2.75) is 44.6 Å². The molecular weight excluding hydrogens is 351 g/mol. The number of hydrogen-bond donors (Lipinski definition) is 1. The summed E-state index contributed by atoms with van der Waals surface area (Å²) in [6.07, 6.45) is 4.76. The molecule has 0 spiro atoms. The summed E-state index contributed by atoms with van der Waals surface area (Å²) in [5.41, 5.74) is 0.520. The molecule has 7 heteroatoms. The van der Waals surface area contributed by atoms with Crippen molar-refractivity contribution in [1.29, 1.82) is 0 Å². The van der Waals surface area contributed by atoms with Gasteiger partial charge in [-0.1, -0.05) is 31.0 Å². The Morgan fingerprint density at radius 1 is 1.22 bits per heavy atom. The van der Waals surface area contributed by atoms with Crippen LogP contribution in [0.15, 0.2) is 24.3 Å². The van der Waals surface area contributed by atoms with E-state index < -0.39 is 17.8 Å². The maximum absolute atomic E-state index is 13.5. The lowest BCUT2D eigenvalue weighted by molar-refractivity contribution is -0.152. The smallest absolute Gasteiger partial charge is 0.311 e. The molecular formula is C20H25FN2O4. The third-order valence-electron chi connectivity index (χ3n) is 5.28. The van der Waals surface area contributed by atoms with E-state index in [1.165, 1.54) is 6.07 Å². The second kappa shape index (κ2) is 8.97. The van der Waals surface area contributed by atoms with Crippen molar-refractivity contribution >= 4 is 17.8 Å². The molecule has 146 valence electrons. The van der Waals surface area contributed by atoms with Crippen LogP contribution < -0.4 is 5.32 Å². The second-order valence-electron chi connectivity index (χ2n) is 7.18. The fourth-order valence-corrected chi connectivity index (χ4v) is 3.80. The Labute approximate surface area is 158 Å². The van der Waals surface area contributed by atoms with E-state index in [2.05, 4.69) is 5.32 Å². The Hall–Kier alpha value is -2.44. The van der Waals surface area contributed by atoms with Crippen LogP contribution in [0.5, 0.6) is 0 Å². The number of benzene rings is 1. The fourth-order valence-electron chi connectivity index (χ4n) is 3.80. The first-order chi connectivity index (χ1) is 13.0. The molecule has 27 heavy (non-hydrogen) atoms. The molecule has 2 aliphatic rings. The van der Waals surface area contributed by atoms with E-state index in [1.54, 1.807) is 23.1 Å². The van der Waals surface area contributed by atoms with Gasteiger partial charge in [0.15, 0.2) is 6.61 Å². The lowest BCUT2D eigenvalue weighted by Crippen LogP contribution is -2.35. The Bertz CT molecular complexity index is 703. The molecule has 1 aliphatic carbocycles. The summed E-state index contributed by atoms with van der Waals surface area (Å²) < 4.78 is 18.6. The van der Waals surface area contributed by atoms with Gasteiger partial charge < -0.3 is 15.0 Å². The lowest BCUT2D eigenvalue weighted by Gasteiger charge is -2.23. The number of hydrogen-bond acceptors (Lipinski definition) is 4. The van der Waals surface area contributed by atoms with Gasteiger partial charge in [-0.3, -0.25) is 14.4 Å². The van der Waals surface area contributed by atoms with Crippen LogP contribution in [-0.4, -0.2) is 48.4 Å². The Kier molecular flexibility index (Phi) is 6.42.